The van der Waals surface area contributed by atoms with Crippen LogP contribution in [-0.4, -0.2) is 5.11 Å². The number of halogens is 1. The van der Waals surface area contributed by atoms with Crippen LogP contribution in [0.4, 0.5) is 0 Å². The largest absolute Gasteiger partial charge is 0.451 e. The van der Waals surface area contributed by atoms with E-state index < -0.39 is 0 Å². The van der Waals surface area contributed by atoms with Crippen molar-refractivity contribution >= 4 is 26.9 Å². The molecule has 0 radical (unpaired) electrons. The van der Waals surface area contributed by atoms with Crippen LogP contribution in [0, 0.1) is 11.3 Å². The first-order valence-electron chi connectivity index (χ1n) is 6.21. The number of hydrogen-bond donors (Lipinski definition) is 1. The molecule has 1 N–H and O–H groups in total. The van der Waals surface area contributed by atoms with Crippen molar-refractivity contribution in [2.75, 3.05) is 0 Å². The molecule has 5 heteroatoms. The Balaban J connectivity index is 2.14. The van der Waals surface area contributed by atoms with Crippen molar-refractivity contribution in [3.05, 3.63) is 58.3 Å². The quantitative estimate of drug-likeness (QED) is 0.767. The van der Waals surface area contributed by atoms with Gasteiger partial charge in [0.25, 0.3) is 0 Å². The molecule has 0 aliphatic heterocycles. The predicted octanol–water partition coefficient (Wildman–Crippen LogP) is 4.35. The number of nitriles is 1. The van der Waals surface area contributed by atoms with Gasteiger partial charge >= 0.3 is 0 Å². The van der Waals surface area contributed by atoms with Gasteiger partial charge in [0.2, 0.25) is 5.76 Å². The van der Waals surface area contributed by atoms with Crippen molar-refractivity contribution in [3.8, 4) is 17.6 Å². The smallest absolute Gasteiger partial charge is 0.247 e. The number of aliphatic hydroxyl groups is 1. The molecule has 0 aliphatic carbocycles. The van der Waals surface area contributed by atoms with E-state index in [1.807, 2.05) is 30.3 Å². The van der Waals surface area contributed by atoms with Gasteiger partial charge in [-0.05, 0) is 24.3 Å². The number of aliphatic hydroxyl groups excluding tert-OH is 1. The minimum Gasteiger partial charge on any atom is -0.451 e. The van der Waals surface area contributed by atoms with Crippen LogP contribution >= 0.6 is 15.9 Å². The van der Waals surface area contributed by atoms with Crippen LogP contribution < -0.4 is 4.74 Å². The Morgan fingerprint density at radius 1 is 1.24 bits per heavy atom. The highest BCUT2D eigenvalue weighted by atomic mass is 79.9. The molecule has 0 bridgehead atoms. The van der Waals surface area contributed by atoms with Crippen LogP contribution in [0.25, 0.3) is 11.0 Å². The number of furan rings is 1. The average molecular weight is 344 g/mol. The summed E-state index contributed by atoms with van der Waals surface area (Å²) in [7, 11) is 0. The normalized spacial score (nSPS) is 10.5. The Bertz CT molecular complexity index is 848. The molecule has 21 heavy (non-hydrogen) atoms. The average Bonchev–Trinajstić information content (AvgIpc) is 2.86. The SMILES string of the molecule is N#Cc1oc2ccccc2c1Oc1cc(Br)ccc1CO. The van der Waals surface area contributed by atoms with E-state index in [2.05, 4.69) is 15.9 Å². The van der Waals surface area contributed by atoms with E-state index in [0.29, 0.717) is 22.6 Å². The van der Waals surface area contributed by atoms with Crippen molar-refractivity contribution in [2.24, 2.45) is 0 Å². The Morgan fingerprint density at radius 3 is 2.81 bits per heavy atom. The van der Waals surface area contributed by atoms with Crippen LogP contribution in [0.1, 0.15) is 11.3 Å². The summed E-state index contributed by atoms with van der Waals surface area (Å²) in [4.78, 5) is 0. The van der Waals surface area contributed by atoms with Gasteiger partial charge in [0, 0.05) is 10.0 Å². The Hall–Kier alpha value is -2.29. The Morgan fingerprint density at radius 2 is 2.05 bits per heavy atom. The van der Waals surface area contributed by atoms with E-state index in [1.54, 1.807) is 18.2 Å². The summed E-state index contributed by atoms with van der Waals surface area (Å²) in [6.45, 7) is -0.152. The molecular formula is C16H10BrNO3. The molecule has 0 saturated carbocycles. The third-order valence-corrected chi connectivity index (χ3v) is 3.56. The molecular weight excluding hydrogens is 334 g/mol. The van der Waals surface area contributed by atoms with E-state index in [1.165, 1.54) is 0 Å². The van der Waals surface area contributed by atoms with Gasteiger partial charge in [0.05, 0.1) is 12.0 Å². The lowest BCUT2D eigenvalue weighted by Gasteiger charge is -2.09. The van der Waals surface area contributed by atoms with Crippen molar-refractivity contribution in [1.82, 2.24) is 0 Å². The number of nitrogens with zero attached hydrogens (tertiary/aromatic N) is 1. The van der Waals surface area contributed by atoms with Gasteiger partial charge in [-0.25, -0.2) is 0 Å². The van der Waals surface area contributed by atoms with E-state index in [-0.39, 0.29) is 12.4 Å². The zero-order chi connectivity index (χ0) is 14.8. The molecule has 1 heterocycles. The van der Waals surface area contributed by atoms with Gasteiger partial charge in [0.1, 0.15) is 17.4 Å². The van der Waals surface area contributed by atoms with Gasteiger partial charge in [-0.1, -0.05) is 34.1 Å². The van der Waals surface area contributed by atoms with Crippen LogP contribution in [0.2, 0.25) is 0 Å². The number of hydrogen-bond acceptors (Lipinski definition) is 4. The maximum atomic E-state index is 9.39. The maximum Gasteiger partial charge on any atom is 0.247 e. The van der Waals surface area contributed by atoms with Crippen LogP contribution in [-0.2, 0) is 6.61 Å². The predicted molar refractivity (Wildman–Crippen MR) is 81.1 cm³/mol. The molecule has 104 valence electrons. The Labute approximate surface area is 129 Å². The molecule has 0 amide bonds. The minimum absolute atomic E-state index is 0.111. The van der Waals surface area contributed by atoms with E-state index in [0.717, 1.165) is 9.86 Å². The zero-order valence-electron chi connectivity index (χ0n) is 10.8. The lowest BCUT2D eigenvalue weighted by Crippen LogP contribution is -1.92. The molecule has 0 unspecified atom stereocenters. The summed E-state index contributed by atoms with van der Waals surface area (Å²) in [5.41, 5.74) is 1.22. The monoisotopic (exact) mass is 343 g/mol. The van der Waals surface area contributed by atoms with E-state index >= 15 is 0 Å². The molecule has 0 aliphatic rings. The van der Waals surface area contributed by atoms with Gasteiger partial charge in [-0.3, -0.25) is 0 Å². The zero-order valence-corrected chi connectivity index (χ0v) is 12.4. The summed E-state index contributed by atoms with van der Waals surface area (Å²) in [6, 6.07) is 14.6. The van der Waals surface area contributed by atoms with Gasteiger partial charge in [-0.15, -0.1) is 0 Å². The molecule has 0 saturated heterocycles. The minimum atomic E-state index is -0.152. The number of fused-ring (bicyclic) bond motifs is 1. The summed E-state index contributed by atoms with van der Waals surface area (Å²) < 4.78 is 12.1. The number of benzene rings is 2. The van der Waals surface area contributed by atoms with Crippen molar-refractivity contribution in [1.29, 1.82) is 5.26 Å². The molecule has 3 rings (SSSR count). The number of rotatable bonds is 3. The van der Waals surface area contributed by atoms with E-state index in [9.17, 15) is 10.4 Å². The Kier molecular flexibility index (Phi) is 3.65. The summed E-state index contributed by atoms with van der Waals surface area (Å²) >= 11 is 3.36. The van der Waals surface area contributed by atoms with Gasteiger partial charge < -0.3 is 14.3 Å². The number of para-hydroxylation sites is 1. The van der Waals surface area contributed by atoms with Crippen LogP contribution in [0.5, 0.6) is 11.5 Å². The summed E-state index contributed by atoms with van der Waals surface area (Å²) in [5, 5.41) is 19.3. The first kappa shape index (κ1) is 13.7. The second kappa shape index (κ2) is 5.60. The van der Waals surface area contributed by atoms with Gasteiger partial charge in [-0.2, -0.15) is 5.26 Å². The molecule has 3 aromatic rings. The molecule has 2 aromatic carbocycles. The summed E-state index contributed by atoms with van der Waals surface area (Å²) in [6.07, 6.45) is 0. The fraction of sp³-hybridized carbons (Fsp3) is 0.0625. The van der Waals surface area contributed by atoms with Crippen molar-refractivity contribution < 1.29 is 14.3 Å². The highest BCUT2D eigenvalue weighted by Crippen LogP contribution is 2.37. The van der Waals surface area contributed by atoms with E-state index in [4.69, 9.17) is 9.15 Å². The molecule has 0 spiro atoms. The summed E-state index contributed by atoms with van der Waals surface area (Å²) in [5.74, 6) is 0.955. The number of ether oxygens (including phenoxy) is 1. The molecule has 0 fully saturated rings. The van der Waals surface area contributed by atoms with Crippen molar-refractivity contribution in [3.63, 3.8) is 0 Å². The molecule has 1 aromatic heterocycles. The third kappa shape index (κ3) is 2.51. The molecule has 4 nitrogen and oxygen atoms in total. The second-order valence-electron chi connectivity index (χ2n) is 4.38. The highest BCUT2D eigenvalue weighted by molar-refractivity contribution is 9.10. The standard InChI is InChI=1S/C16H10BrNO3/c17-11-6-5-10(9-19)14(7-11)21-16-12-3-1-2-4-13(12)20-15(16)8-18/h1-7,19H,9H2. The topological polar surface area (TPSA) is 66.4 Å². The first-order valence-corrected chi connectivity index (χ1v) is 7.01. The van der Waals surface area contributed by atoms with Crippen LogP contribution in [0.3, 0.4) is 0 Å². The van der Waals surface area contributed by atoms with Crippen molar-refractivity contribution in [2.45, 2.75) is 6.61 Å². The lowest BCUT2D eigenvalue weighted by molar-refractivity contribution is 0.276. The second-order valence-corrected chi connectivity index (χ2v) is 5.30. The first-order chi connectivity index (χ1) is 10.2. The third-order valence-electron chi connectivity index (χ3n) is 3.06. The van der Waals surface area contributed by atoms with Gasteiger partial charge in [0.15, 0.2) is 5.75 Å². The lowest BCUT2D eigenvalue weighted by atomic mass is 10.2. The highest BCUT2D eigenvalue weighted by Gasteiger charge is 2.17. The van der Waals surface area contributed by atoms with Crippen LogP contribution in [0.15, 0.2) is 51.4 Å². The fourth-order valence-electron chi connectivity index (χ4n) is 2.06. The molecule has 0 atom stereocenters. The maximum absolute atomic E-state index is 9.39. The fourth-order valence-corrected chi connectivity index (χ4v) is 2.40.